The predicted molar refractivity (Wildman–Crippen MR) is 177 cm³/mol. The van der Waals surface area contributed by atoms with Crippen molar-refractivity contribution >= 4 is 5.97 Å². The summed E-state index contributed by atoms with van der Waals surface area (Å²) in [5.74, 6) is 0.131. The Morgan fingerprint density at radius 2 is 1.04 bits per heavy atom. The first-order valence-electron chi connectivity index (χ1n) is 15.7. The van der Waals surface area contributed by atoms with Gasteiger partial charge in [0.05, 0.1) is 13.2 Å². The highest BCUT2D eigenvalue weighted by atomic mass is 16.6. The SMILES string of the molecule is CCCCCCCCOC(=O)C(CO)Oc1nc(-c2ccc(-c3ccccc3)cc2)nc(-c2ccc(-c3ccccc3)cc2)n1. The molecule has 0 bridgehead atoms. The minimum absolute atomic E-state index is 0.0650. The smallest absolute Gasteiger partial charge is 0.349 e. The molecular weight excluding hydrogens is 562 g/mol. The Balaban J connectivity index is 1.38. The molecule has 230 valence electrons. The van der Waals surface area contributed by atoms with Crippen molar-refractivity contribution in [3.63, 3.8) is 0 Å². The Hall–Kier alpha value is -4.88. The van der Waals surface area contributed by atoms with Gasteiger partial charge in [-0.15, -0.1) is 0 Å². The molecule has 0 fully saturated rings. The number of nitrogens with zero attached hydrogens (tertiary/aromatic N) is 3. The van der Waals surface area contributed by atoms with E-state index in [1.807, 2.05) is 84.9 Å². The van der Waals surface area contributed by atoms with E-state index in [1.165, 1.54) is 19.3 Å². The highest BCUT2D eigenvalue weighted by molar-refractivity contribution is 5.75. The van der Waals surface area contributed by atoms with Gasteiger partial charge < -0.3 is 14.6 Å². The van der Waals surface area contributed by atoms with Crippen molar-refractivity contribution in [1.82, 2.24) is 15.0 Å². The lowest BCUT2D eigenvalue weighted by Gasteiger charge is -2.16. The van der Waals surface area contributed by atoms with Crippen molar-refractivity contribution in [2.45, 2.75) is 51.6 Å². The lowest BCUT2D eigenvalue weighted by molar-refractivity contribution is -0.154. The number of esters is 1. The monoisotopic (exact) mass is 601 g/mol. The van der Waals surface area contributed by atoms with E-state index in [1.54, 1.807) is 0 Å². The predicted octanol–water partition coefficient (Wildman–Crippen LogP) is 8.18. The number of hydrogen-bond acceptors (Lipinski definition) is 7. The molecule has 0 amide bonds. The maximum atomic E-state index is 12.8. The van der Waals surface area contributed by atoms with Crippen LogP contribution in [0.1, 0.15) is 45.4 Å². The van der Waals surface area contributed by atoms with Gasteiger partial charge in [0.25, 0.3) is 0 Å². The molecule has 1 aromatic heterocycles. The molecule has 0 saturated carbocycles. The lowest BCUT2D eigenvalue weighted by atomic mass is 10.0. The molecule has 0 aliphatic rings. The van der Waals surface area contributed by atoms with Crippen LogP contribution in [0, 0.1) is 0 Å². The van der Waals surface area contributed by atoms with Gasteiger partial charge >= 0.3 is 12.0 Å². The van der Waals surface area contributed by atoms with E-state index in [9.17, 15) is 9.90 Å². The Morgan fingerprint density at radius 1 is 0.600 bits per heavy atom. The third-order valence-corrected chi connectivity index (χ3v) is 7.53. The number of ether oxygens (including phenoxy) is 2. The zero-order chi connectivity index (χ0) is 31.3. The molecule has 45 heavy (non-hydrogen) atoms. The van der Waals surface area contributed by atoms with Crippen molar-refractivity contribution in [3.05, 3.63) is 109 Å². The third kappa shape index (κ3) is 8.83. The Kier molecular flexibility index (Phi) is 11.4. The molecule has 1 heterocycles. The number of hydrogen-bond donors (Lipinski definition) is 1. The van der Waals surface area contributed by atoms with Crippen molar-refractivity contribution in [2.24, 2.45) is 0 Å². The van der Waals surface area contributed by atoms with Crippen LogP contribution in [0.4, 0.5) is 0 Å². The van der Waals surface area contributed by atoms with Gasteiger partial charge in [-0.05, 0) is 28.7 Å². The maximum absolute atomic E-state index is 12.8. The quantitative estimate of drug-likeness (QED) is 0.0955. The molecule has 0 saturated heterocycles. The molecule has 7 nitrogen and oxygen atoms in total. The number of benzene rings is 4. The molecule has 0 aliphatic carbocycles. The topological polar surface area (TPSA) is 94.4 Å². The maximum Gasteiger partial charge on any atom is 0.349 e. The van der Waals surface area contributed by atoms with Crippen LogP contribution in [0.5, 0.6) is 6.01 Å². The van der Waals surface area contributed by atoms with Crippen LogP contribution in [-0.2, 0) is 9.53 Å². The van der Waals surface area contributed by atoms with Gasteiger partial charge in [-0.25, -0.2) is 9.78 Å². The van der Waals surface area contributed by atoms with E-state index in [2.05, 4.69) is 41.2 Å². The number of aliphatic hydroxyl groups excluding tert-OH is 1. The van der Waals surface area contributed by atoms with E-state index >= 15 is 0 Å². The highest BCUT2D eigenvalue weighted by Gasteiger charge is 2.24. The van der Waals surface area contributed by atoms with Crippen LogP contribution < -0.4 is 4.74 Å². The van der Waals surface area contributed by atoms with Gasteiger partial charge in [-0.1, -0.05) is 148 Å². The summed E-state index contributed by atoms with van der Waals surface area (Å²) in [6.45, 7) is 1.89. The summed E-state index contributed by atoms with van der Waals surface area (Å²) < 4.78 is 11.3. The second kappa shape index (κ2) is 16.3. The van der Waals surface area contributed by atoms with E-state index in [-0.39, 0.29) is 12.6 Å². The van der Waals surface area contributed by atoms with Crippen molar-refractivity contribution in [2.75, 3.05) is 13.2 Å². The molecule has 0 spiro atoms. The van der Waals surface area contributed by atoms with Crippen LogP contribution in [0.3, 0.4) is 0 Å². The molecule has 5 rings (SSSR count). The zero-order valence-corrected chi connectivity index (χ0v) is 25.6. The minimum atomic E-state index is -1.26. The number of carbonyl (C=O) groups is 1. The van der Waals surface area contributed by atoms with Gasteiger partial charge in [0, 0.05) is 11.1 Å². The summed E-state index contributed by atoms with van der Waals surface area (Å²) in [6, 6.07) is 36.0. The van der Waals surface area contributed by atoms with E-state index < -0.39 is 18.7 Å². The van der Waals surface area contributed by atoms with Crippen molar-refractivity contribution in [1.29, 1.82) is 0 Å². The summed E-state index contributed by atoms with van der Waals surface area (Å²) in [6.07, 6.45) is 5.19. The Bertz CT molecular complexity index is 1530. The van der Waals surface area contributed by atoms with Gasteiger partial charge in [0.2, 0.25) is 6.10 Å². The van der Waals surface area contributed by atoms with E-state index in [0.717, 1.165) is 52.6 Å². The second-order valence-electron chi connectivity index (χ2n) is 10.9. The molecule has 1 unspecified atom stereocenters. The normalized spacial score (nSPS) is 11.6. The van der Waals surface area contributed by atoms with Gasteiger partial charge in [-0.3, -0.25) is 0 Å². The van der Waals surface area contributed by atoms with Crippen LogP contribution >= 0.6 is 0 Å². The molecular formula is C38H39N3O4. The molecule has 1 N–H and O–H groups in total. The minimum Gasteiger partial charge on any atom is -0.463 e. The first-order valence-corrected chi connectivity index (χ1v) is 15.7. The fourth-order valence-electron chi connectivity index (χ4n) is 4.99. The number of carbonyl (C=O) groups excluding carboxylic acids is 1. The Morgan fingerprint density at radius 3 is 1.53 bits per heavy atom. The van der Waals surface area contributed by atoms with Crippen LogP contribution in [-0.4, -0.2) is 45.3 Å². The summed E-state index contributed by atoms with van der Waals surface area (Å²) in [5, 5.41) is 10.0. The first kappa shape index (κ1) is 31.5. The first-order chi connectivity index (χ1) is 22.1. The van der Waals surface area contributed by atoms with Crippen molar-refractivity contribution in [3.8, 4) is 51.0 Å². The standard InChI is InChI=1S/C38H39N3O4/c1-2-3-4-5-6-13-26-44-37(43)34(27-42)45-38-40-35(32-22-18-30(19-23-32)28-14-9-7-10-15-28)39-36(41-38)33-24-20-31(21-25-33)29-16-11-8-12-17-29/h7-12,14-25,34,42H,2-6,13,26-27H2,1H3. The van der Waals surface area contributed by atoms with Crippen LogP contribution in [0.15, 0.2) is 109 Å². The average molecular weight is 602 g/mol. The lowest BCUT2D eigenvalue weighted by Crippen LogP contribution is -2.33. The summed E-state index contributed by atoms with van der Waals surface area (Å²) in [4.78, 5) is 26.6. The number of aromatic nitrogens is 3. The molecule has 7 heteroatoms. The molecule has 1 atom stereocenters. The van der Waals surface area contributed by atoms with E-state index in [4.69, 9.17) is 14.5 Å². The second-order valence-corrected chi connectivity index (χ2v) is 10.9. The van der Waals surface area contributed by atoms with Crippen LogP contribution in [0.25, 0.3) is 45.0 Å². The third-order valence-electron chi connectivity index (χ3n) is 7.53. The average Bonchev–Trinajstić information content (AvgIpc) is 3.11. The van der Waals surface area contributed by atoms with E-state index in [0.29, 0.717) is 11.6 Å². The van der Waals surface area contributed by atoms with Gasteiger partial charge in [-0.2, -0.15) is 9.97 Å². The van der Waals surface area contributed by atoms with Crippen LogP contribution in [0.2, 0.25) is 0 Å². The fourth-order valence-corrected chi connectivity index (χ4v) is 4.99. The number of rotatable bonds is 15. The molecule has 0 radical (unpaired) electrons. The van der Waals surface area contributed by atoms with Gasteiger partial charge in [0.1, 0.15) is 0 Å². The molecule has 4 aromatic carbocycles. The Labute approximate surface area is 265 Å². The zero-order valence-electron chi connectivity index (χ0n) is 25.6. The highest BCUT2D eigenvalue weighted by Crippen LogP contribution is 2.28. The van der Waals surface area contributed by atoms with Gasteiger partial charge in [0.15, 0.2) is 11.6 Å². The summed E-state index contributed by atoms with van der Waals surface area (Å²) >= 11 is 0. The molecule has 0 aliphatic heterocycles. The largest absolute Gasteiger partial charge is 0.463 e. The molecule has 5 aromatic rings. The summed E-state index contributed by atoms with van der Waals surface area (Å²) in [7, 11) is 0. The number of unbranched alkanes of at least 4 members (excludes halogenated alkanes) is 5. The fraction of sp³-hybridized carbons (Fsp3) is 0.263. The van der Waals surface area contributed by atoms with Crippen molar-refractivity contribution < 1.29 is 19.4 Å². The summed E-state index contributed by atoms with van der Waals surface area (Å²) in [5.41, 5.74) is 5.86. The number of aliphatic hydroxyl groups is 1.